The quantitative estimate of drug-likeness (QED) is 0.786. The molecule has 0 saturated heterocycles. The molecule has 1 aliphatic rings. The molecule has 0 spiro atoms. The molecule has 0 fully saturated rings. The van der Waals surface area contributed by atoms with Crippen LogP contribution in [0.3, 0.4) is 0 Å². The van der Waals surface area contributed by atoms with Gasteiger partial charge in [-0.2, -0.15) is 5.10 Å². The Balaban J connectivity index is 2.17. The molecule has 0 radical (unpaired) electrons. The Morgan fingerprint density at radius 3 is 3.12 bits per heavy atom. The number of fused-ring (bicyclic) bond motifs is 3. The molecule has 0 aliphatic carbocycles. The summed E-state index contributed by atoms with van der Waals surface area (Å²) in [4.78, 5) is 8.78. The van der Waals surface area contributed by atoms with E-state index in [0.717, 1.165) is 23.2 Å². The molecule has 0 aromatic carbocycles. The summed E-state index contributed by atoms with van der Waals surface area (Å²) < 4.78 is 1.88. The van der Waals surface area contributed by atoms with E-state index in [0.29, 0.717) is 12.5 Å². The SMILES string of the molecule is CC(C)c1nc2n(n1)-c1cccnc1NC2. The fourth-order valence-electron chi connectivity index (χ4n) is 1.78. The summed E-state index contributed by atoms with van der Waals surface area (Å²) in [5, 5.41) is 7.75. The molecule has 2 aromatic heterocycles. The van der Waals surface area contributed by atoms with Crippen molar-refractivity contribution < 1.29 is 0 Å². The standard InChI is InChI=1S/C11H13N5/c1-7(2)10-14-9-6-13-11-8(16(9)15-10)4-3-5-12-11/h3-5,7H,6H2,1-2H3,(H,12,13). The van der Waals surface area contributed by atoms with E-state index in [9.17, 15) is 0 Å². The summed E-state index contributed by atoms with van der Waals surface area (Å²) in [6, 6.07) is 3.91. The number of nitrogens with one attached hydrogen (secondary N) is 1. The highest BCUT2D eigenvalue weighted by Crippen LogP contribution is 2.24. The molecule has 2 aromatic rings. The van der Waals surface area contributed by atoms with Crippen molar-refractivity contribution in [1.82, 2.24) is 19.7 Å². The van der Waals surface area contributed by atoms with Gasteiger partial charge in [-0.1, -0.05) is 13.8 Å². The lowest BCUT2D eigenvalue weighted by molar-refractivity contribution is 0.738. The van der Waals surface area contributed by atoms with E-state index in [2.05, 4.69) is 34.2 Å². The summed E-state index contributed by atoms with van der Waals surface area (Å²) in [6.07, 6.45) is 1.77. The van der Waals surface area contributed by atoms with Gasteiger partial charge in [0.25, 0.3) is 0 Å². The zero-order chi connectivity index (χ0) is 11.1. The van der Waals surface area contributed by atoms with E-state index < -0.39 is 0 Å². The monoisotopic (exact) mass is 215 g/mol. The van der Waals surface area contributed by atoms with Gasteiger partial charge in [-0.15, -0.1) is 0 Å². The first-order valence-corrected chi connectivity index (χ1v) is 5.41. The predicted octanol–water partition coefficient (Wildman–Crippen LogP) is 1.71. The minimum atomic E-state index is 0.346. The second-order valence-electron chi connectivity index (χ2n) is 4.18. The first kappa shape index (κ1) is 9.33. The van der Waals surface area contributed by atoms with E-state index in [-0.39, 0.29) is 0 Å². The van der Waals surface area contributed by atoms with E-state index in [4.69, 9.17) is 0 Å². The Morgan fingerprint density at radius 2 is 2.31 bits per heavy atom. The molecule has 0 amide bonds. The van der Waals surface area contributed by atoms with Crippen LogP contribution < -0.4 is 5.32 Å². The number of anilines is 1. The van der Waals surface area contributed by atoms with Crippen LogP contribution >= 0.6 is 0 Å². The first-order chi connectivity index (χ1) is 7.75. The van der Waals surface area contributed by atoms with Crippen LogP contribution in [0.1, 0.15) is 31.4 Å². The van der Waals surface area contributed by atoms with Crippen molar-refractivity contribution in [3.63, 3.8) is 0 Å². The van der Waals surface area contributed by atoms with Crippen LogP contribution in [0.15, 0.2) is 18.3 Å². The first-order valence-electron chi connectivity index (χ1n) is 5.41. The molecule has 0 atom stereocenters. The third kappa shape index (κ3) is 1.28. The summed E-state index contributed by atoms with van der Waals surface area (Å²) >= 11 is 0. The van der Waals surface area contributed by atoms with Gasteiger partial charge in [-0.05, 0) is 12.1 Å². The van der Waals surface area contributed by atoms with Crippen molar-refractivity contribution in [1.29, 1.82) is 0 Å². The number of nitrogens with zero attached hydrogens (tertiary/aromatic N) is 4. The molecular weight excluding hydrogens is 202 g/mol. The summed E-state index contributed by atoms with van der Waals surface area (Å²) in [7, 11) is 0. The van der Waals surface area contributed by atoms with Crippen molar-refractivity contribution >= 4 is 5.82 Å². The van der Waals surface area contributed by atoms with Crippen LogP contribution in [0, 0.1) is 0 Å². The Bertz CT molecular complexity index is 529. The normalized spacial score (nSPS) is 13.2. The fourth-order valence-corrected chi connectivity index (χ4v) is 1.78. The van der Waals surface area contributed by atoms with Crippen molar-refractivity contribution in [3.05, 3.63) is 30.0 Å². The van der Waals surface area contributed by atoms with Crippen molar-refractivity contribution in [2.24, 2.45) is 0 Å². The minimum Gasteiger partial charge on any atom is -0.361 e. The highest BCUT2D eigenvalue weighted by atomic mass is 15.4. The number of hydrogen-bond donors (Lipinski definition) is 1. The molecule has 0 saturated carbocycles. The Hall–Kier alpha value is -1.91. The second-order valence-corrected chi connectivity index (χ2v) is 4.18. The van der Waals surface area contributed by atoms with Gasteiger partial charge >= 0.3 is 0 Å². The topological polar surface area (TPSA) is 55.6 Å². The molecule has 1 aliphatic heterocycles. The zero-order valence-corrected chi connectivity index (χ0v) is 9.31. The molecule has 16 heavy (non-hydrogen) atoms. The molecule has 3 heterocycles. The smallest absolute Gasteiger partial charge is 0.154 e. The van der Waals surface area contributed by atoms with Crippen LogP contribution in [0.4, 0.5) is 5.82 Å². The minimum absolute atomic E-state index is 0.346. The molecule has 5 nitrogen and oxygen atoms in total. The highest BCUT2D eigenvalue weighted by molar-refractivity contribution is 5.57. The summed E-state index contributed by atoms with van der Waals surface area (Å²) in [5.41, 5.74) is 0.975. The van der Waals surface area contributed by atoms with Gasteiger partial charge in [-0.25, -0.2) is 14.6 Å². The predicted molar refractivity (Wildman–Crippen MR) is 60.6 cm³/mol. The molecule has 0 unspecified atom stereocenters. The largest absolute Gasteiger partial charge is 0.361 e. The number of pyridine rings is 1. The van der Waals surface area contributed by atoms with Crippen LogP contribution in [-0.2, 0) is 6.54 Å². The number of rotatable bonds is 1. The van der Waals surface area contributed by atoms with E-state index in [1.165, 1.54) is 0 Å². The molecule has 1 N–H and O–H groups in total. The maximum atomic E-state index is 4.52. The van der Waals surface area contributed by atoms with Crippen molar-refractivity contribution in [3.8, 4) is 5.69 Å². The Labute approximate surface area is 93.5 Å². The van der Waals surface area contributed by atoms with Gasteiger partial charge in [0.05, 0.1) is 6.54 Å². The summed E-state index contributed by atoms with van der Waals surface area (Å²) in [5.74, 6) is 3.05. The number of hydrogen-bond acceptors (Lipinski definition) is 4. The van der Waals surface area contributed by atoms with E-state index in [1.54, 1.807) is 6.20 Å². The van der Waals surface area contributed by atoms with Gasteiger partial charge in [0.2, 0.25) is 0 Å². The maximum Gasteiger partial charge on any atom is 0.154 e. The average molecular weight is 215 g/mol. The zero-order valence-electron chi connectivity index (χ0n) is 9.31. The van der Waals surface area contributed by atoms with Gasteiger partial charge in [0, 0.05) is 12.1 Å². The Morgan fingerprint density at radius 1 is 1.44 bits per heavy atom. The highest BCUT2D eigenvalue weighted by Gasteiger charge is 2.20. The van der Waals surface area contributed by atoms with Crippen LogP contribution in [-0.4, -0.2) is 19.7 Å². The van der Waals surface area contributed by atoms with Crippen molar-refractivity contribution in [2.45, 2.75) is 26.3 Å². The van der Waals surface area contributed by atoms with E-state index >= 15 is 0 Å². The third-order valence-corrected chi connectivity index (χ3v) is 2.64. The lowest BCUT2D eigenvalue weighted by Gasteiger charge is -2.16. The van der Waals surface area contributed by atoms with Gasteiger partial charge < -0.3 is 5.32 Å². The van der Waals surface area contributed by atoms with Gasteiger partial charge in [0.1, 0.15) is 5.69 Å². The van der Waals surface area contributed by atoms with Crippen LogP contribution in [0.5, 0.6) is 0 Å². The average Bonchev–Trinajstić information content (AvgIpc) is 2.73. The second kappa shape index (κ2) is 3.30. The van der Waals surface area contributed by atoms with Crippen LogP contribution in [0.2, 0.25) is 0 Å². The lowest BCUT2D eigenvalue weighted by Crippen LogP contribution is -2.17. The molecule has 3 rings (SSSR count). The molecule has 5 heteroatoms. The molecule has 82 valence electrons. The van der Waals surface area contributed by atoms with Crippen molar-refractivity contribution in [2.75, 3.05) is 5.32 Å². The molecular formula is C11H13N5. The maximum absolute atomic E-state index is 4.52. The molecule has 0 bridgehead atoms. The fraction of sp³-hybridized carbons (Fsp3) is 0.364. The van der Waals surface area contributed by atoms with Crippen LogP contribution in [0.25, 0.3) is 5.69 Å². The van der Waals surface area contributed by atoms with Gasteiger partial charge in [0.15, 0.2) is 17.5 Å². The van der Waals surface area contributed by atoms with Gasteiger partial charge in [-0.3, -0.25) is 0 Å². The summed E-state index contributed by atoms with van der Waals surface area (Å²) in [6.45, 7) is 4.88. The third-order valence-electron chi connectivity index (χ3n) is 2.64. The van der Waals surface area contributed by atoms with E-state index in [1.807, 2.05) is 16.8 Å². The number of aromatic nitrogens is 4. The Kier molecular flexibility index (Phi) is 1.92. The lowest BCUT2D eigenvalue weighted by atomic mass is 10.2.